The SMILES string of the molecule is Cc1cc2c(-c3cc4ccccc4c(C(C)C)n3)nc3cccnc3c2o1. The van der Waals surface area contributed by atoms with Gasteiger partial charge in [-0.15, -0.1) is 0 Å². The summed E-state index contributed by atoms with van der Waals surface area (Å²) in [5, 5.41) is 3.32. The van der Waals surface area contributed by atoms with Crippen LogP contribution >= 0.6 is 0 Å². The van der Waals surface area contributed by atoms with Crippen molar-refractivity contribution in [3.8, 4) is 11.4 Å². The molecule has 132 valence electrons. The Morgan fingerprint density at radius 1 is 0.926 bits per heavy atom. The van der Waals surface area contributed by atoms with Gasteiger partial charge in [0.1, 0.15) is 17.0 Å². The van der Waals surface area contributed by atoms with Crippen LogP contribution in [-0.4, -0.2) is 15.0 Å². The highest BCUT2D eigenvalue weighted by atomic mass is 16.3. The largest absolute Gasteiger partial charge is 0.459 e. The van der Waals surface area contributed by atoms with Crippen molar-refractivity contribution in [3.63, 3.8) is 0 Å². The molecule has 0 radical (unpaired) electrons. The third-order valence-corrected chi connectivity index (χ3v) is 4.90. The Kier molecular flexibility index (Phi) is 3.47. The van der Waals surface area contributed by atoms with Crippen LogP contribution in [0.3, 0.4) is 0 Å². The van der Waals surface area contributed by atoms with Gasteiger partial charge in [0.2, 0.25) is 0 Å². The molecule has 4 nitrogen and oxygen atoms in total. The van der Waals surface area contributed by atoms with Crippen molar-refractivity contribution in [2.75, 3.05) is 0 Å². The lowest BCUT2D eigenvalue weighted by atomic mass is 10.00. The van der Waals surface area contributed by atoms with Crippen molar-refractivity contribution in [2.45, 2.75) is 26.7 Å². The van der Waals surface area contributed by atoms with E-state index in [2.05, 4.69) is 49.2 Å². The first kappa shape index (κ1) is 15.9. The normalized spacial score (nSPS) is 11.9. The molecule has 0 aliphatic rings. The maximum Gasteiger partial charge on any atom is 0.164 e. The molecular weight excluding hydrogens is 334 g/mol. The number of aromatic nitrogens is 3. The lowest BCUT2D eigenvalue weighted by Gasteiger charge is -2.12. The van der Waals surface area contributed by atoms with Crippen LogP contribution in [0.2, 0.25) is 0 Å². The van der Waals surface area contributed by atoms with E-state index in [9.17, 15) is 0 Å². The van der Waals surface area contributed by atoms with Gasteiger partial charge in [0.25, 0.3) is 0 Å². The summed E-state index contributed by atoms with van der Waals surface area (Å²) in [5.41, 5.74) is 5.17. The number of aryl methyl sites for hydroxylation is 1. The van der Waals surface area contributed by atoms with Gasteiger partial charge in [-0.1, -0.05) is 38.1 Å². The average molecular weight is 353 g/mol. The Balaban J connectivity index is 1.90. The zero-order valence-electron chi connectivity index (χ0n) is 15.5. The van der Waals surface area contributed by atoms with E-state index in [1.165, 1.54) is 10.8 Å². The number of fused-ring (bicyclic) bond motifs is 4. The van der Waals surface area contributed by atoms with Gasteiger partial charge >= 0.3 is 0 Å². The van der Waals surface area contributed by atoms with Crippen LogP contribution in [0.25, 0.3) is 44.2 Å². The number of pyridine rings is 3. The fourth-order valence-corrected chi connectivity index (χ4v) is 3.69. The lowest BCUT2D eigenvalue weighted by molar-refractivity contribution is 0.580. The second-order valence-corrected chi connectivity index (χ2v) is 7.20. The van der Waals surface area contributed by atoms with Crippen LogP contribution in [0.5, 0.6) is 0 Å². The Bertz CT molecular complexity index is 1320. The Morgan fingerprint density at radius 2 is 1.78 bits per heavy atom. The molecule has 0 bridgehead atoms. The highest BCUT2D eigenvalue weighted by molar-refractivity contribution is 6.06. The van der Waals surface area contributed by atoms with Crippen molar-refractivity contribution in [1.82, 2.24) is 15.0 Å². The zero-order valence-corrected chi connectivity index (χ0v) is 15.5. The summed E-state index contributed by atoms with van der Waals surface area (Å²) >= 11 is 0. The minimum absolute atomic E-state index is 0.318. The Morgan fingerprint density at radius 3 is 2.63 bits per heavy atom. The molecule has 0 aliphatic carbocycles. The van der Waals surface area contributed by atoms with Crippen molar-refractivity contribution in [3.05, 3.63) is 66.2 Å². The number of nitrogens with zero attached hydrogens (tertiary/aromatic N) is 3. The quantitative estimate of drug-likeness (QED) is 0.389. The highest BCUT2D eigenvalue weighted by Crippen LogP contribution is 2.35. The molecule has 5 rings (SSSR count). The summed E-state index contributed by atoms with van der Waals surface area (Å²) in [4.78, 5) is 14.4. The Labute approximate surface area is 156 Å². The summed E-state index contributed by atoms with van der Waals surface area (Å²) < 4.78 is 5.98. The molecular formula is C23H19N3O. The molecule has 0 saturated carbocycles. The molecule has 0 amide bonds. The van der Waals surface area contributed by atoms with Gasteiger partial charge in [-0.25, -0.2) is 4.98 Å². The van der Waals surface area contributed by atoms with Gasteiger partial charge in [-0.3, -0.25) is 9.97 Å². The lowest BCUT2D eigenvalue weighted by Crippen LogP contribution is -1.98. The predicted octanol–water partition coefficient (Wildman–Crippen LogP) is 6.02. The van der Waals surface area contributed by atoms with Crippen LogP contribution in [0.1, 0.15) is 31.2 Å². The third kappa shape index (κ3) is 2.48. The molecule has 5 aromatic rings. The number of hydrogen-bond donors (Lipinski definition) is 0. The topological polar surface area (TPSA) is 51.8 Å². The number of rotatable bonds is 2. The summed E-state index contributed by atoms with van der Waals surface area (Å²) in [5.74, 6) is 1.16. The minimum Gasteiger partial charge on any atom is -0.459 e. The molecule has 0 spiro atoms. The average Bonchev–Trinajstić information content (AvgIpc) is 3.08. The molecule has 0 unspecified atom stereocenters. The maximum atomic E-state index is 5.98. The van der Waals surface area contributed by atoms with Crippen molar-refractivity contribution < 1.29 is 4.42 Å². The summed E-state index contributed by atoms with van der Waals surface area (Å²) in [6.07, 6.45) is 1.77. The molecule has 27 heavy (non-hydrogen) atoms. The van der Waals surface area contributed by atoms with Crippen LogP contribution in [0.15, 0.2) is 59.1 Å². The number of hydrogen-bond acceptors (Lipinski definition) is 4. The molecule has 4 aromatic heterocycles. The smallest absolute Gasteiger partial charge is 0.164 e. The standard InChI is InChI=1S/C23H19N3O/c1-13(2)20-16-8-5-4-7-15(16)12-19(26-20)21-17-11-14(3)27-23(17)22-18(25-21)9-6-10-24-22/h4-13H,1-3H3. The number of benzene rings is 1. The fraction of sp³-hybridized carbons (Fsp3) is 0.174. The molecule has 4 heteroatoms. The van der Waals surface area contributed by atoms with E-state index in [4.69, 9.17) is 14.4 Å². The van der Waals surface area contributed by atoms with E-state index < -0.39 is 0 Å². The first-order valence-electron chi connectivity index (χ1n) is 9.17. The van der Waals surface area contributed by atoms with E-state index in [1.807, 2.05) is 25.1 Å². The van der Waals surface area contributed by atoms with Gasteiger partial charge in [0.05, 0.1) is 22.3 Å². The summed E-state index contributed by atoms with van der Waals surface area (Å²) in [7, 11) is 0. The minimum atomic E-state index is 0.318. The summed E-state index contributed by atoms with van der Waals surface area (Å²) in [6.45, 7) is 6.30. The van der Waals surface area contributed by atoms with Crippen LogP contribution < -0.4 is 0 Å². The van der Waals surface area contributed by atoms with Gasteiger partial charge in [0.15, 0.2) is 5.58 Å². The van der Waals surface area contributed by atoms with Crippen molar-refractivity contribution in [2.24, 2.45) is 0 Å². The van der Waals surface area contributed by atoms with E-state index in [-0.39, 0.29) is 0 Å². The zero-order chi connectivity index (χ0) is 18.5. The molecule has 0 aliphatic heterocycles. The van der Waals surface area contributed by atoms with E-state index in [0.29, 0.717) is 5.92 Å². The predicted molar refractivity (Wildman–Crippen MR) is 109 cm³/mol. The monoisotopic (exact) mass is 353 g/mol. The molecule has 0 fully saturated rings. The first-order chi connectivity index (χ1) is 13.1. The molecule has 0 N–H and O–H groups in total. The highest BCUT2D eigenvalue weighted by Gasteiger charge is 2.18. The third-order valence-electron chi connectivity index (χ3n) is 4.90. The van der Waals surface area contributed by atoms with E-state index in [0.717, 1.165) is 44.8 Å². The van der Waals surface area contributed by atoms with E-state index >= 15 is 0 Å². The van der Waals surface area contributed by atoms with Gasteiger partial charge in [0, 0.05) is 11.6 Å². The second kappa shape index (κ2) is 5.88. The molecule has 0 atom stereocenters. The van der Waals surface area contributed by atoms with Crippen LogP contribution in [0.4, 0.5) is 0 Å². The van der Waals surface area contributed by atoms with Crippen LogP contribution in [-0.2, 0) is 0 Å². The van der Waals surface area contributed by atoms with Crippen molar-refractivity contribution in [1.29, 1.82) is 0 Å². The van der Waals surface area contributed by atoms with Gasteiger partial charge in [-0.05, 0) is 42.5 Å². The fourth-order valence-electron chi connectivity index (χ4n) is 3.69. The number of furan rings is 1. The molecule has 1 aromatic carbocycles. The van der Waals surface area contributed by atoms with Crippen LogP contribution in [0, 0.1) is 6.92 Å². The Hall–Kier alpha value is -3.27. The maximum absolute atomic E-state index is 5.98. The molecule has 4 heterocycles. The second-order valence-electron chi connectivity index (χ2n) is 7.20. The van der Waals surface area contributed by atoms with Crippen molar-refractivity contribution >= 4 is 32.8 Å². The van der Waals surface area contributed by atoms with E-state index in [1.54, 1.807) is 6.20 Å². The first-order valence-corrected chi connectivity index (χ1v) is 9.17. The molecule has 0 saturated heterocycles. The van der Waals surface area contributed by atoms with Gasteiger partial charge < -0.3 is 4.42 Å². The van der Waals surface area contributed by atoms with Gasteiger partial charge in [-0.2, -0.15) is 0 Å². The summed E-state index contributed by atoms with van der Waals surface area (Å²) in [6, 6.07) is 16.4.